The number of benzene rings is 1. The van der Waals surface area contributed by atoms with Crippen LogP contribution in [0.15, 0.2) is 30.3 Å². The summed E-state index contributed by atoms with van der Waals surface area (Å²) in [5, 5.41) is 12.3. The fourth-order valence-electron chi connectivity index (χ4n) is 2.86. The number of likely N-dealkylation sites (tertiary alicyclic amines) is 1. The van der Waals surface area contributed by atoms with Gasteiger partial charge in [-0.1, -0.05) is 50.6 Å². The first-order valence-corrected chi connectivity index (χ1v) is 8.28. The van der Waals surface area contributed by atoms with Crippen molar-refractivity contribution < 1.29 is 14.7 Å². The van der Waals surface area contributed by atoms with E-state index in [2.05, 4.69) is 5.32 Å². The molecule has 0 spiro atoms. The van der Waals surface area contributed by atoms with Crippen LogP contribution >= 0.6 is 0 Å². The smallest absolute Gasteiger partial charge is 0.225 e. The number of hydrogen-bond acceptors (Lipinski definition) is 3. The van der Waals surface area contributed by atoms with Crippen LogP contribution < -0.4 is 5.32 Å². The number of carbonyl (C=O) groups is 2. The van der Waals surface area contributed by atoms with E-state index >= 15 is 0 Å². The predicted molar refractivity (Wildman–Crippen MR) is 88.4 cm³/mol. The zero-order valence-corrected chi connectivity index (χ0v) is 13.9. The molecule has 5 nitrogen and oxygen atoms in total. The Bertz CT molecular complexity index is 532. The number of nitrogens with one attached hydrogen (secondary N) is 1. The topological polar surface area (TPSA) is 69.6 Å². The first-order valence-electron chi connectivity index (χ1n) is 8.28. The molecule has 126 valence electrons. The van der Waals surface area contributed by atoms with Gasteiger partial charge >= 0.3 is 0 Å². The number of rotatable bonds is 7. The van der Waals surface area contributed by atoms with Crippen molar-refractivity contribution in [2.45, 2.75) is 39.3 Å². The predicted octanol–water partition coefficient (Wildman–Crippen LogP) is 1.56. The molecule has 0 bridgehead atoms. The molecule has 1 unspecified atom stereocenters. The van der Waals surface area contributed by atoms with Gasteiger partial charge < -0.3 is 15.3 Å². The Morgan fingerprint density at radius 3 is 2.70 bits per heavy atom. The Morgan fingerprint density at radius 2 is 2.09 bits per heavy atom. The normalized spacial score (nSPS) is 20.4. The summed E-state index contributed by atoms with van der Waals surface area (Å²) in [4.78, 5) is 26.2. The summed E-state index contributed by atoms with van der Waals surface area (Å²) in [7, 11) is 0. The molecule has 5 heteroatoms. The summed E-state index contributed by atoms with van der Waals surface area (Å²) in [6, 6.07) is 9.54. The van der Waals surface area contributed by atoms with Crippen LogP contribution in [-0.2, 0) is 16.1 Å². The van der Waals surface area contributed by atoms with Crippen molar-refractivity contribution in [2.75, 3.05) is 13.2 Å². The second-order valence-corrected chi connectivity index (χ2v) is 6.34. The molecule has 1 aromatic rings. The fourth-order valence-corrected chi connectivity index (χ4v) is 2.86. The standard InChI is InChI=1S/C18H26N2O3/c1-3-13(2)16(12-21)19-18(23)15-9-17(22)20(11-15)10-14-7-5-4-6-8-14/h4-8,13,15-16,21H,3,9-12H2,1-2H3,(H,19,23)/t13-,15?,16-/m1/s1. The Labute approximate surface area is 137 Å². The molecule has 0 saturated carbocycles. The van der Waals surface area contributed by atoms with Gasteiger partial charge in [0.1, 0.15) is 0 Å². The van der Waals surface area contributed by atoms with Gasteiger partial charge in [0, 0.05) is 19.5 Å². The summed E-state index contributed by atoms with van der Waals surface area (Å²) in [6.45, 7) is 4.94. The van der Waals surface area contributed by atoms with Crippen LogP contribution in [0.4, 0.5) is 0 Å². The van der Waals surface area contributed by atoms with E-state index in [-0.39, 0.29) is 42.7 Å². The molecule has 1 aromatic carbocycles. The quantitative estimate of drug-likeness (QED) is 0.801. The third-order valence-electron chi connectivity index (χ3n) is 4.66. The molecule has 0 aromatic heterocycles. The molecule has 3 atom stereocenters. The highest BCUT2D eigenvalue weighted by molar-refractivity contribution is 5.89. The number of nitrogens with zero attached hydrogens (tertiary/aromatic N) is 1. The highest BCUT2D eigenvalue weighted by Gasteiger charge is 2.35. The van der Waals surface area contributed by atoms with Gasteiger partial charge in [0.25, 0.3) is 0 Å². The van der Waals surface area contributed by atoms with Crippen molar-refractivity contribution in [3.05, 3.63) is 35.9 Å². The number of aliphatic hydroxyl groups is 1. The summed E-state index contributed by atoms with van der Waals surface area (Å²) >= 11 is 0. The van der Waals surface area contributed by atoms with E-state index in [1.54, 1.807) is 4.90 Å². The van der Waals surface area contributed by atoms with Gasteiger partial charge in [-0.3, -0.25) is 9.59 Å². The first kappa shape index (κ1) is 17.5. The molecule has 0 radical (unpaired) electrons. The van der Waals surface area contributed by atoms with Crippen LogP contribution in [-0.4, -0.2) is 41.0 Å². The zero-order chi connectivity index (χ0) is 16.8. The minimum Gasteiger partial charge on any atom is -0.394 e. The lowest BCUT2D eigenvalue weighted by molar-refractivity contribution is -0.129. The fraction of sp³-hybridized carbons (Fsp3) is 0.556. The van der Waals surface area contributed by atoms with Crippen molar-refractivity contribution in [2.24, 2.45) is 11.8 Å². The maximum Gasteiger partial charge on any atom is 0.225 e. The largest absolute Gasteiger partial charge is 0.394 e. The maximum absolute atomic E-state index is 12.4. The Morgan fingerprint density at radius 1 is 1.39 bits per heavy atom. The summed E-state index contributed by atoms with van der Waals surface area (Å²) in [5.41, 5.74) is 1.06. The Balaban J connectivity index is 1.92. The molecule has 2 N–H and O–H groups in total. The van der Waals surface area contributed by atoms with Gasteiger partial charge in [-0.15, -0.1) is 0 Å². The minimum absolute atomic E-state index is 0.0121. The molecular formula is C18H26N2O3. The lowest BCUT2D eigenvalue weighted by Crippen LogP contribution is -2.45. The molecule has 0 aliphatic carbocycles. The molecule has 2 rings (SSSR count). The second kappa shape index (κ2) is 8.11. The van der Waals surface area contributed by atoms with E-state index in [0.29, 0.717) is 13.1 Å². The van der Waals surface area contributed by atoms with E-state index in [9.17, 15) is 14.7 Å². The monoisotopic (exact) mass is 318 g/mol. The Hall–Kier alpha value is -1.88. The third kappa shape index (κ3) is 4.55. The van der Waals surface area contributed by atoms with Crippen molar-refractivity contribution in [3.63, 3.8) is 0 Å². The number of carbonyl (C=O) groups excluding carboxylic acids is 2. The van der Waals surface area contributed by atoms with Crippen molar-refractivity contribution in [1.29, 1.82) is 0 Å². The van der Waals surface area contributed by atoms with E-state index < -0.39 is 0 Å². The zero-order valence-electron chi connectivity index (χ0n) is 13.9. The SMILES string of the molecule is CC[C@@H](C)[C@@H](CO)NC(=O)C1CC(=O)N(Cc2ccccc2)C1. The highest BCUT2D eigenvalue weighted by atomic mass is 16.3. The van der Waals surface area contributed by atoms with Crippen LogP contribution in [0.1, 0.15) is 32.3 Å². The van der Waals surface area contributed by atoms with E-state index in [1.807, 2.05) is 44.2 Å². The van der Waals surface area contributed by atoms with E-state index in [0.717, 1.165) is 12.0 Å². The van der Waals surface area contributed by atoms with Gasteiger partial charge in [0.2, 0.25) is 11.8 Å². The molecule has 1 saturated heterocycles. The summed E-state index contributed by atoms with van der Waals surface area (Å²) in [5.74, 6) is -0.239. The number of aliphatic hydroxyl groups excluding tert-OH is 1. The van der Waals surface area contributed by atoms with E-state index in [1.165, 1.54) is 0 Å². The maximum atomic E-state index is 12.4. The van der Waals surface area contributed by atoms with Gasteiger partial charge in [-0.05, 0) is 11.5 Å². The lowest BCUT2D eigenvalue weighted by Gasteiger charge is -2.24. The van der Waals surface area contributed by atoms with Gasteiger partial charge in [-0.25, -0.2) is 0 Å². The number of amides is 2. The number of hydrogen-bond donors (Lipinski definition) is 2. The molecule has 2 amide bonds. The van der Waals surface area contributed by atoms with Gasteiger partial charge in [-0.2, -0.15) is 0 Å². The summed E-state index contributed by atoms with van der Waals surface area (Å²) in [6.07, 6.45) is 1.13. The first-order chi connectivity index (χ1) is 11.0. The van der Waals surface area contributed by atoms with Crippen LogP contribution in [0.3, 0.4) is 0 Å². The van der Waals surface area contributed by atoms with Crippen LogP contribution in [0.2, 0.25) is 0 Å². The molecule has 1 fully saturated rings. The lowest BCUT2D eigenvalue weighted by atomic mass is 9.98. The molecule has 1 aliphatic heterocycles. The average molecular weight is 318 g/mol. The van der Waals surface area contributed by atoms with Crippen LogP contribution in [0, 0.1) is 11.8 Å². The minimum atomic E-state index is -0.329. The van der Waals surface area contributed by atoms with Gasteiger partial charge in [0.15, 0.2) is 0 Å². The van der Waals surface area contributed by atoms with Crippen molar-refractivity contribution in [1.82, 2.24) is 10.2 Å². The van der Waals surface area contributed by atoms with Crippen LogP contribution in [0.5, 0.6) is 0 Å². The second-order valence-electron chi connectivity index (χ2n) is 6.34. The molecule has 23 heavy (non-hydrogen) atoms. The summed E-state index contributed by atoms with van der Waals surface area (Å²) < 4.78 is 0. The van der Waals surface area contributed by atoms with Crippen molar-refractivity contribution >= 4 is 11.8 Å². The van der Waals surface area contributed by atoms with E-state index in [4.69, 9.17) is 0 Å². The highest BCUT2D eigenvalue weighted by Crippen LogP contribution is 2.21. The third-order valence-corrected chi connectivity index (χ3v) is 4.66. The van der Waals surface area contributed by atoms with Crippen LogP contribution in [0.25, 0.3) is 0 Å². The molecule has 1 heterocycles. The Kier molecular flexibility index (Phi) is 6.16. The van der Waals surface area contributed by atoms with Crippen molar-refractivity contribution in [3.8, 4) is 0 Å². The molecule has 1 aliphatic rings. The molecular weight excluding hydrogens is 292 g/mol. The average Bonchev–Trinajstić information content (AvgIpc) is 2.93. The van der Waals surface area contributed by atoms with Gasteiger partial charge in [0.05, 0.1) is 18.6 Å².